The second-order valence-corrected chi connectivity index (χ2v) is 21.2. The lowest BCUT2D eigenvalue weighted by molar-refractivity contribution is 0.103. The third-order valence-electron chi connectivity index (χ3n) is 12.1. The van der Waals surface area contributed by atoms with Gasteiger partial charge in [0.25, 0.3) is 0 Å². The molecule has 4 nitrogen and oxygen atoms in total. The largest absolute Gasteiger partial charge is 0.310 e. The monoisotopic (exact) mass is 844 g/mol. The summed E-state index contributed by atoms with van der Waals surface area (Å²) >= 11 is 0. The summed E-state index contributed by atoms with van der Waals surface area (Å²) in [6.07, 6.45) is 0. The zero-order valence-corrected chi connectivity index (χ0v) is 39.9. The van der Waals surface area contributed by atoms with Gasteiger partial charge in [0.15, 0.2) is 11.6 Å². The molecule has 0 aliphatic rings. The predicted molar refractivity (Wildman–Crippen MR) is 270 cm³/mol. The van der Waals surface area contributed by atoms with Crippen LogP contribution in [0.3, 0.4) is 0 Å². The summed E-state index contributed by atoms with van der Waals surface area (Å²) < 4.78 is 0. The number of rotatable bonds is 10. The highest BCUT2D eigenvalue weighted by Crippen LogP contribution is 2.40. The van der Waals surface area contributed by atoms with E-state index in [1.807, 2.05) is 48.5 Å². The molecule has 7 aromatic carbocycles. The summed E-state index contributed by atoms with van der Waals surface area (Å²) in [4.78, 5) is 33.2. The first kappa shape index (κ1) is 45.5. The Hall–Kier alpha value is -6.52. The maximum absolute atomic E-state index is 14.4. The van der Waals surface area contributed by atoms with Gasteiger partial charge in [0.1, 0.15) is 0 Å². The third-order valence-corrected chi connectivity index (χ3v) is 12.1. The van der Waals surface area contributed by atoms with E-state index in [0.717, 1.165) is 34.1 Å². The van der Waals surface area contributed by atoms with Gasteiger partial charge in [-0.3, -0.25) is 9.59 Å². The van der Waals surface area contributed by atoms with E-state index in [0.29, 0.717) is 22.3 Å². The van der Waals surface area contributed by atoms with E-state index < -0.39 is 0 Å². The van der Waals surface area contributed by atoms with Gasteiger partial charge < -0.3 is 9.80 Å². The van der Waals surface area contributed by atoms with Gasteiger partial charge in [-0.1, -0.05) is 174 Å². The molecule has 0 N–H and O–H groups in total. The standard InChI is InChI=1S/C60H64N2O2/c1-57(2,3)45-22-30-49(31-23-45)61(50-32-24-46(25-33-50)58(4,5)6)53-20-14-18-43(39-53)55(63)41-16-13-17-42(38-41)56(64)44-19-15-21-54(40-44)62(51-34-26-47(27-35-51)59(7,8)9)52-36-28-48(29-37-52)60(10,11)12/h13-40H,1-12H3. The maximum atomic E-state index is 14.4. The lowest BCUT2D eigenvalue weighted by Gasteiger charge is -2.28. The van der Waals surface area contributed by atoms with Gasteiger partial charge >= 0.3 is 0 Å². The Morgan fingerprint density at radius 1 is 0.281 bits per heavy atom. The number of hydrogen-bond donors (Lipinski definition) is 0. The molecule has 7 aromatic rings. The van der Waals surface area contributed by atoms with Crippen LogP contribution in [-0.4, -0.2) is 11.6 Å². The van der Waals surface area contributed by atoms with Gasteiger partial charge in [0.05, 0.1) is 0 Å². The molecule has 0 amide bonds. The Morgan fingerprint density at radius 3 is 0.734 bits per heavy atom. The number of ketones is 2. The summed E-state index contributed by atoms with van der Waals surface area (Å²) in [6.45, 7) is 26.6. The number of carbonyl (C=O) groups excluding carboxylic acids is 2. The smallest absolute Gasteiger partial charge is 0.193 e. The molecular weight excluding hydrogens is 781 g/mol. The fourth-order valence-electron chi connectivity index (χ4n) is 8.04. The Morgan fingerprint density at radius 2 is 0.500 bits per heavy atom. The third kappa shape index (κ3) is 10.1. The van der Waals surface area contributed by atoms with Crippen LogP contribution >= 0.6 is 0 Å². The average Bonchev–Trinajstić information content (AvgIpc) is 3.26. The van der Waals surface area contributed by atoms with Crippen molar-refractivity contribution in [2.75, 3.05) is 9.80 Å². The Kier molecular flexibility index (Phi) is 12.5. The maximum Gasteiger partial charge on any atom is 0.193 e. The second-order valence-electron chi connectivity index (χ2n) is 21.2. The van der Waals surface area contributed by atoms with E-state index in [1.165, 1.54) is 22.3 Å². The van der Waals surface area contributed by atoms with Crippen molar-refractivity contribution in [2.45, 2.75) is 105 Å². The Labute approximate surface area is 382 Å². The van der Waals surface area contributed by atoms with Crippen LogP contribution in [0.25, 0.3) is 0 Å². The van der Waals surface area contributed by atoms with Crippen molar-refractivity contribution in [3.8, 4) is 0 Å². The molecule has 326 valence electrons. The van der Waals surface area contributed by atoms with Crippen molar-refractivity contribution in [1.29, 1.82) is 0 Å². The Bertz CT molecular complexity index is 2450. The minimum atomic E-state index is -0.153. The molecule has 0 aromatic heterocycles. The van der Waals surface area contributed by atoms with Gasteiger partial charge in [-0.15, -0.1) is 0 Å². The molecule has 0 unspecified atom stereocenters. The van der Waals surface area contributed by atoms with E-state index in [4.69, 9.17) is 0 Å². The molecule has 0 bridgehead atoms. The normalized spacial score (nSPS) is 12.2. The van der Waals surface area contributed by atoms with Gasteiger partial charge in [-0.25, -0.2) is 0 Å². The second kappa shape index (κ2) is 17.6. The molecule has 7 rings (SSSR count). The fraction of sp³-hybridized carbons (Fsp3) is 0.267. The van der Waals surface area contributed by atoms with Gasteiger partial charge in [0.2, 0.25) is 0 Å². The number of hydrogen-bond acceptors (Lipinski definition) is 4. The van der Waals surface area contributed by atoms with Crippen LogP contribution in [0.15, 0.2) is 170 Å². The van der Waals surface area contributed by atoms with Crippen LogP contribution in [0.2, 0.25) is 0 Å². The average molecular weight is 845 g/mol. The zero-order valence-electron chi connectivity index (χ0n) is 39.9. The summed E-state index contributed by atoms with van der Waals surface area (Å²) in [7, 11) is 0. The van der Waals surface area contributed by atoms with Crippen molar-refractivity contribution in [3.63, 3.8) is 0 Å². The SMILES string of the molecule is CC(C)(C)c1ccc(N(c2ccc(C(C)(C)C)cc2)c2cccc(C(=O)c3cccc(C(=O)c4cccc(N(c5ccc(C(C)(C)C)cc5)c5ccc(C(C)(C)C)cc5)c4)c3)c2)cc1. The highest BCUT2D eigenvalue weighted by molar-refractivity contribution is 6.14. The van der Waals surface area contributed by atoms with Crippen LogP contribution in [0.4, 0.5) is 34.1 Å². The van der Waals surface area contributed by atoms with Crippen LogP contribution in [0, 0.1) is 0 Å². The Balaban J connectivity index is 1.21. The molecule has 0 spiro atoms. The first-order valence-corrected chi connectivity index (χ1v) is 22.5. The van der Waals surface area contributed by atoms with Crippen LogP contribution < -0.4 is 9.80 Å². The molecule has 0 saturated heterocycles. The van der Waals surface area contributed by atoms with Crippen molar-refractivity contribution < 1.29 is 9.59 Å². The van der Waals surface area contributed by atoms with Gasteiger partial charge in [0, 0.05) is 56.4 Å². The fourth-order valence-corrected chi connectivity index (χ4v) is 8.04. The van der Waals surface area contributed by atoms with Crippen LogP contribution in [0.5, 0.6) is 0 Å². The first-order valence-electron chi connectivity index (χ1n) is 22.5. The molecule has 0 radical (unpaired) electrons. The van der Waals surface area contributed by atoms with E-state index >= 15 is 0 Å². The van der Waals surface area contributed by atoms with Crippen molar-refractivity contribution in [2.24, 2.45) is 0 Å². The van der Waals surface area contributed by atoms with E-state index in [9.17, 15) is 9.59 Å². The quantitative estimate of drug-likeness (QED) is 0.129. The molecule has 4 heteroatoms. The van der Waals surface area contributed by atoms with E-state index in [-0.39, 0.29) is 33.2 Å². The molecule has 0 aliphatic carbocycles. The van der Waals surface area contributed by atoms with Gasteiger partial charge in [-0.05, 0) is 123 Å². The molecule has 0 atom stereocenters. The van der Waals surface area contributed by atoms with Gasteiger partial charge in [-0.2, -0.15) is 0 Å². The lowest BCUT2D eigenvalue weighted by atomic mass is 9.86. The van der Waals surface area contributed by atoms with Crippen molar-refractivity contribution in [1.82, 2.24) is 0 Å². The highest BCUT2D eigenvalue weighted by atomic mass is 16.1. The molecule has 0 fully saturated rings. The molecular formula is C60H64N2O2. The topological polar surface area (TPSA) is 40.6 Å². The first-order chi connectivity index (χ1) is 30.1. The minimum absolute atomic E-state index is 0.0148. The predicted octanol–water partition coefficient (Wildman–Crippen LogP) is 16.3. The summed E-state index contributed by atoms with van der Waals surface area (Å²) in [6, 6.07) is 57.4. The van der Waals surface area contributed by atoms with E-state index in [2.05, 4.69) is 190 Å². The van der Waals surface area contributed by atoms with Crippen LogP contribution in [0.1, 0.15) is 137 Å². The zero-order chi connectivity index (χ0) is 46.2. The highest BCUT2D eigenvalue weighted by Gasteiger charge is 2.23. The molecule has 0 aliphatic heterocycles. The lowest BCUT2D eigenvalue weighted by Crippen LogP contribution is -2.15. The molecule has 0 heterocycles. The number of carbonyl (C=O) groups is 2. The number of anilines is 6. The molecule has 0 saturated carbocycles. The van der Waals surface area contributed by atoms with E-state index in [1.54, 1.807) is 24.3 Å². The summed E-state index contributed by atoms with van der Waals surface area (Å²) in [5.41, 5.74) is 12.8. The number of benzene rings is 7. The minimum Gasteiger partial charge on any atom is -0.310 e. The van der Waals surface area contributed by atoms with Crippen molar-refractivity contribution >= 4 is 45.7 Å². The number of nitrogens with zero attached hydrogens (tertiary/aromatic N) is 2. The van der Waals surface area contributed by atoms with Crippen molar-refractivity contribution in [3.05, 3.63) is 214 Å². The summed E-state index contributed by atoms with van der Waals surface area (Å²) in [5.74, 6) is -0.306. The summed E-state index contributed by atoms with van der Waals surface area (Å²) in [5, 5.41) is 0. The van der Waals surface area contributed by atoms with Crippen LogP contribution in [-0.2, 0) is 21.7 Å². The molecule has 64 heavy (non-hydrogen) atoms.